The zero-order valence-electron chi connectivity index (χ0n) is 15.9. The summed E-state index contributed by atoms with van der Waals surface area (Å²) in [6.45, 7) is 6.20. The summed E-state index contributed by atoms with van der Waals surface area (Å²) in [5.74, 6) is 0.241. The number of nitrogens with zero attached hydrogens (tertiary/aromatic N) is 2. The van der Waals surface area contributed by atoms with Crippen LogP contribution in [0.3, 0.4) is 0 Å². The lowest BCUT2D eigenvalue weighted by Crippen LogP contribution is -2.47. The topological polar surface area (TPSA) is 35.6 Å². The lowest BCUT2D eigenvalue weighted by molar-refractivity contribution is -0.122. The molecule has 1 aromatic rings. The highest BCUT2D eigenvalue weighted by Crippen LogP contribution is 2.17. The number of rotatable bonds is 7. The summed E-state index contributed by atoms with van der Waals surface area (Å²) in [5, 5.41) is 3.23. The second-order valence-corrected chi connectivity index (χ2v) is 7.61. The Hall–Kier alpha value is -1.65. The molecule has 1 heterocycles. The number of piperazine rings is 1. The molecule has 2 aliphatic rings. The number of amides is 1. The largest absolute Gasteiger partial charge is 0.353 e. The molecule has 1 saturated heterocycles. The van der Waals surface area contributed by atoms with Crippen molar-refractivity contribution >= 4 is 12.0 Å². The minimum absolute atomic E-state index is 0.241. The van der Waals surface area contributed by atoms with E-state index in [0.717, 1.165) is 39.3 Å². The average Bonchev–Trinajstić information content (AvgIpc) is 2.69. The molecule has 4 nitrogen and oxygen atoms in total. The molecule has 1 amide bonds. The maximum absolute atomic E-state index is 12.1. The van der Waals surface area contributed by atoms with E-state index >= 15 is 0 Å². The van der Waals surface area contributed by atoms with E-state index in [1.54, 1.807) is 0 Å². The first kappa shape index (κ1) is 19.1. The molecule has 0 bridgehead atoms. The normalized spacial score (nSPS) is 20.5. The summed E-state index contributed by atoms with van der Waals surface area (Å²) in [6.07, 6.45) is 11.3. The second-order valence-electron chi connectivity index (χ2n) is 7.61. The first-order chi connectivity index (χ1) is 12.8. The maximum atomic E-state index is 12.1. The van der Waals surface area contributed by atoms with Crippen LogP contribution in [0.15, 0.2) is 36.4 Å². The van der Waals surface area contributed by atoms with Gasteiger partial charge in [0, 0.05) is 51.7 Å². The van der Waals surface area contributed by atoms with Gasteiger partial charge in [-0.25, -0.2) is 0 Å². The van der Waals surface area contributed by atoms with Crippen LogP contribution < -0.4 is 5.32 Å². The fraction of sp³-hybridized carbons (Fsp3) is 0.591. The van der Waals surface area contributed by atoms with E-state index in [0.29, 0.717) is 12.5 Å². The minimum atomic E-state index is 0.241. The van der Waals surface area contributed by atoms with E-state index in [2.05, 4.69) is 51.5 Å². The van der Waals surface area contributed by atoms with Crippen LogP contribution in [0.1, 0.15) is 44.1 Å². The fourth-order valence-corrected chi connectivity index (χ4v) is 3.90. The number of benzene rings is 1. The van der Waals surface area contributed by atoms with Gasteiger partial charge in [-0.15, -0.1) is 0 Å². The molecule has 142 valence electrons. The Morgan fingerprint density at radius 1 is 1.00 bits per heavy atom. The molecular formula is C22H33N3O. The number of carbonyl (C=O) groups excluding carboxylic acids is 1. The van der Waals surface area contributed by atoms with Crippen LogP contribution >= 0.6 is 0 Å². The summed E-state index contributed by atoms with van der Waals surface area (Å²) in [7, 11) is 0. The first-order valence-electron chi connectivity index (χ1n) is 10.3. The van der Waals surface area contributed by atoms with Crippen molar-refractivity contribution in [1.82, 2.24) is 15.1 Å². The van der Waals surface area contributed by atoms with Crippen LogP contribution in [0.4, 0.5) is 0 Å². The quantitative estimate of drug-likeness (QED) is 0.816. The molecule has 1 saturated carbocycles. The molecule has 0 spiro atoms. The molecule has 3 rings (SSSR count). The lowest BCUT2D eigenvalue weighted by atomic mass is 9.95. The van der Waals surface area contributed by atoms with Gasteiger partial charge in [-0.3, -0.25) is 9.69 Å². The number of nitrogens with one attached hydrogen (secondary N) is 1. The number of hydrogen-bond acceptors (Lipinski definition) is 3. The van der Waals surface area contributed by atoms with Gasteiger partial charge < -0.3 is 10.2 Å². The van der Waals surface area contributed by atoms with Crippen molar-refractivity contribution in [3.05, 3.63) is 42.0 Å². The van der Waals surface area contributed by atoms with Crippen molar-refractivity contribution < 1.29 is 4.79 Å². The number of carbonyl (C=O) groups is 1. The third kappa shape index (κ3) is 6.58. The van der Waals surface area contributed by atoms with Crippen LogP contribution in [-0.4, -0.2) is 61.0 Å². The van der Waals surface area contributed by atoms with Gasteiger partial charge >= 0.3 is 0 Å². The molecular weight excluding hydrogens is 322 g/mol. The highest BCUT2D eigenvalue weighted by molar-refractivity contribution is 5.76. The Bertz CT molecular complexity index is 558. The van der Waals surface area contributed by atoms with E-state index in [1.165, 1.54) is 37.7 Å². The maximum Gasteiger partial charge on any atom is 0.221 e. The van der Waals surface area contributed by atoms with Crippen LogP contribution in [-0.2, 0) is 4.79 Å². The smallest absolute Gasteiger partial charge is 0.221 e. The van der Waals surface area contributed by atoms with Crippen molar-refractivity contribution in [2.45, 2.75) is 44.6 Å². The molecule has 1 aliphatic carbocycles. The summed E-state index contributed by atoms with van der Waals surface area (Å²) in [5.41, 5.74) is 1.26. The van der Waals surface area contributed by atoms with Gasteiger partial charge in [-0.1, -0.05) is 61.7 Å². The Labute approximate surface area is 158 Å². The molecule has 0 atom stereocenters. The molecule has 0 radical (unpaired) electrons. The van der Waals surface area contributed by atoms with E-state index in [4.69, 9.17) is 0 Å². The van der Waals surface area contributed by atoms with Crippen molar-refractivity contribution in [3.8, 4) is 0 Å². The van der Waals surface area contributed by atoms with Gasteiger partial charge in [0.1, 0.15) is 0 Å². The van der Waals surface area contributed by atoms with Crippen molar-refractivity contribution in [2.24, 2.45) is 0 Å². The highest BCUT2D eigenvalue weighted by Gasteiger charge is 2.18. The minimum Gasteiger partial charge on any atom is -0.353 e. The predicted molar refractivity (Wildman–Crippen MR) is 108 cm³/mol. The van der Waals surface area contributed by atoms with Gasteiger partial charge in [0.15, 0.2) is 0 Å². The summed E-state index contributed by atoms with van der Waals surface area (Å²) < 4.78 is 0. The van der Waals surface area contributed by atoms with Crippen molar-refractivity contribution in [1.29, 1.82) is 0 Å². The highest BCUT2D eigenvalue weighted by atomic mass is 16.1. The van der Waals surface area contributed by atoms with E-state index in [-0.39, 0.29) is 5.91 Å². The third-order valence-corrected chi connectivity index (χ3v) is 5.56. The average molecular weight is 356 g/mol. The monoisotopic (exact) mass is 355 g/mol. The Balaban J connectivity index is 1.28. The number of hydrogen-bond donors (Lipinski definition) is 1. The fourth-order valence-electron chi connectivity index (χ4n) is 3.90. The summed E-state index contributed by atoms with van der Waals surface area (Å²) in [6, 6.07) is 10.9. The van der Waals surface area contributed by atoms with Crippen molar-refractivity contribution in [2.75, 3.05) is 39.3 Å². The zero-order chi connectivity index (χ0) is 18.0. The molecule has 2 fully saturated rings. The van der Waals surface area contributed by atoms with Crippen molar-refractivity contribution in [3.63, 3.8) is 0 Å². The summed E-state index contributed by atoms with van der Waals surface area (Å²) in [4.78, 5) is 17.0. The van der Waals surface area contributed by atoms with Crippen LogP contribution in [0.2, 0.25) is 0 Å². The lowest BCUT2D eigenvalue weighted by Gasteiger charge is -2.34. The predicted octanol–water partition coefficient (Wildman–Crippen LogP) is 3.16. The third-order valence-electron chi connectivity index (χ3n) is 5.56. The molecule has 0 aromatic heterocycles. The van der Waals surface area contributed by atoms with Gasteiger partial charge in [-0.05, 0) is 18.4 Å². The molecule has 1 aliphatic heterocycles. The molecule has 1 N–H and O–H groups in total. The second kappa shape index (κ2) is 10.5. The standard InChI is InChI=1S/C22H33N3O/c26-22(23-21-11-5-2-6-12-21)13-15-25-18-16-24(17-19-25)14-7-10-20-8-3-1-4-9-20/h1,3-4,7-10,21H,2,5-6,11-19H2,(H,23,26)/b10-7+. The van der Waals surface area contributed by atoms with Gasteiger partial charge in [0.25, 0.3) is 0 Å². The molecule has 1 aromatic carbocycles. The van der Waals surface area contributed by atoms with Gasteiger partial charge in [0.2, 0.25) is 5.91 Å². The van der Waals surface area contributed by atoms with E-state index < -0.39 is 0 Å². The van der Waals surface area contributed by atoms with E-state index in [1.807, 2.05) is 6.07 Å². The van der Waals surface area contributed by atoms with E-state index in [9.17, 15) is 4.79 Å². The van der Waals surface area contributed by atoms with Crippen LogP contribution in [0.25, 0.3) is 6.08 Å². The Morgan fingerprint density at radius 2 is 1.69 bits per heavy atom. The molecule has 26 heavy (non-hydrogen) atoms. The first-order valence-corrected chi connectivity index (χ1v) is 10.3. The Kier molecular flexibility index (Phi) is 7.71. The van der Waals surface area contributed by atoms with Gasteiger partial charge in [-0.2, -0.15) is 0 Å². The van der Waals surface area contributed by atoms with Crippen LogP contribution in [0.5, 0.6) is 0 Å². The van der Waals surface area contributed by atoms with Crippen LogP contribution in [0, 0.1) is 0 Å². The zero-order valence-corrected chi connectivity index (χ0v) is 15.9. The van der Waals surface area contributed by atoms with Gasteiger partial charge in [0.05, 0.1) is 0 Å². The molecule has 0 unspecified atom stereocenters. The Morgan fingerprint density at radius 3 is 2.42 bits per heavy atom. The summed E-state index contributed by atoms with van der Waals surface area (Å²) >= 11 is 0. The SMILES string of the molecule is O=C(CCN1CCN(C/C=C/c2ccccc2)CC1)NC1CCCCC1. The molecule has 4 heteroatoms.